The molecule has 0 unspecified atom stereocenters. The van der Waals surface area contributed by atoms with Crippen molar-refractivity contribution in [1.29, 1.82) is 0 Å². The number of carboxylic acids is 1. The van der Waals surface area contributed by atoms with E-state index in [0.717, 1.165) is 12.8 Å². The van der Waals surface area contributed by atoms with Crippen LogP contribution in [0.25, 0.3) is 17.3 Å². The van der Waals surface area contributed by atoms with Gasteiger partial charge in [0.1, 0.15) is 6.33 Å². The summed E-state index contributed by atoms with van der Waals surface area (Å²) >= 11 is 0. The Hall–Kier alpha value is -3.03. The monoisotopic (exact) mass is 299 g/mol. The van der Waals surface area contributed by atoms with E-state index < -0.39 is 5.97 Å². The largest absolute Gasteiger partial charge is 0.476 e. The van der Waals surface area contributed by atoms with Crippen molar-refractivity contribution >= 4 is 5.97 Å². The van der Waals surface area contributed by atoms with Crippen molar-refractivity contribution in [3.8, 4) is 17.3 Å². The Bertz CT molecular complexity index is 808. The first kappa shape index (κ1) is 13.9. The van der Waals surface area contributed by atoms with Crippen molar-refractivity contribution in [3.05, 3.63) is 42.4 Å². The molecule has 3 aromatic rings. The molecule has 0 atom stereocenters. The number of aromatic carboxylic acids is 1. The molecule has 1 N–H and O–H groups in total. The molecule has 0 spiro atoms. The number of aryl methyl sites for hydroxylation is 1. The van der Waals surface area contributed by atoms with Crippen LogP contribution in [0.3, 0.4) is 0 Å². The van der Waals surface area contributed by atoms with Crippen molar-refractivity contribution in [3.63, 3.8) is 0 Å². The molecule has 0 amide bonds. The number of nitrogens with zero attached hydrogens (tertiary/aromatic N) is 5. The van der Waals surface area contributed by atoms with Crippen LogP contribution in [0.15, 0.2) is 35.4 Å². The van der Waals surface area contributed by atoms with Crippen LogP contribution < -0.4 is 0 Å². The molecule has 0 radical (unpaired) electrons. The van der Waals surface area contributed by atoms with Gasteiger partial charge in [-0.1, -0.05) is 12.1 Å². The molecule has 8 heteroatoms. The Kier molecular flexibility index (Phi) is 3.65. The second-order valence-electron chi connectivity index (χ2n) is 4.61. The van der Waals surface area contributed by atoms with Crippen LogP contribution >= 0.6 is 0 Å². The predicted molar refractivity (Wildman–Crippen MR) is 75.6 cm³/mol. The molecule has 0 aliphatic carbocycles. The zero-order valence-electron chi connectivity index (χ0n) is 11.8. The van der Waals surface area contributed by atoms with Gasteiger partial charge in [-0.15, -0.1) is 0 Å². The summed E-state index contributed by atoms with van der Waals surface area (Å²) in [7, 11) is 0. The fourth-order valence-corrected chi connectivity index (χ4v) is 2.01. The lowest BCUT2D eigenvalue weighted by Gasteiger charge is -2.04. The van der Waals surface area contributed by atoms with E-state index in [9.17, 15) is 4.79 Å². The minimum absolute atomic E-state index is 0.0613. The maximum atomic E-state index is 10.9. The van der Waals surface area contributed by atoms with Gasteiger partial charge in [-0.2, -0.15) is 4.98 Å². The minimum atomic E-state index is -1.10. The molecular formula is C14H13N5O3. The molecule has 0 aliphatic rings. The highest BCUT2D eigenvalue weighted by Crippen LogP contribution is 2.23. The van der Waals surface area contributed by atoms with Crippen molar-refractivity contribution < 1.29 is 14.4 Å². The maximum absolute atomic E-state index is 10.9. The topological polar surface area (TPSA) is 107 Å². The lowest BCUT2D eigenvalue weighted by molar-refractivity contribution is 0.0691. The number of aromatic nitrogens is 5. The number of pyridine rings is 1. The summed E-state index contributed by atoms with van der Waals surface area (Å²) in [5.74, 6) is 0.356. The fraction of sp³-hybridized carbons (Fsp3) is 0.214. The van der Waals surface area contributed by atoms with Gasteiger partial charge in [-0.25, -0.2) is 14.8 Å². The molecule has 112 valence electrons. The normalized spacial score (nSPS) is 10.8. The van der Waals surface area contributed by atoms with Gasteiger partial charge >= 0.3 is 5.97 Å². The first-order valence-electron chi connectivity index (χ1n) is 6.74. The summed E-state index contributed by atoms with van der Waals surface area (Å²) < 4.78 is 6.78. The Morgan fingerprint density at radius 2 is 2.27 bits per heavy atom. The smallest absolute Gasteiger partial charge is 0.356 e. The SMILES string of the molecule is CCCc1noc(-c2cccnc2-n2cnc(C(=O)O)c2)n1. The van der Waals surface area contributed by atoms with Gasteiger partial charge in [-0.3, -0.25) is 4.57 Å². The number of imidazole rings is 1. The molecule has 0 fully saturated rings. The maximum Gasteiger partial charge on any atom is 0.356 e. The van der Waals surface area contributed by atoms with E-state index in [-0.39, 0.29) is 5.69 Å². The second kappa shape index (κ2) is 5.76. The Labute approximate surface area is 125 Å². The van der Waals surface area contributed by atoms with Crippen molar-refractivity contribution in [1.82, 2.24) is 24.7 Å². The van der Waals surface area contributed by atoms with Crippen LogP contribution in [0.1, 0.15) is 29.7 Å². The quantitative estimate of drug-likeness (QED) is 0.767. The summed E-state index contributed by atoms with van der Waals surface area (Å²) in [4.78, 5) is 23.3. The summed E-state index contributed by atoms with van der Waals surface area (Å²) in [6.45, 7) is 2.03. The molecular weight excluding hydrogens is 286 g/mol. The first-order valence-corrected chi connectivity index (χ1v) is 6.74. The van der Waals surface area contributed by atoms with Crippen LogP contribution in [0, 0.1) is 0 Å². The third kappa shape index (κ3) is 2.58. The van der Waals surface area contributed by atoms with Gasteiger partial charge in [-0.05, 0) is 18.6 Å². The van der Waals surface area contributed by atoms with Gasteiger partial charge < -0.3 is 9.63 Å². The third-order valence-electron chi connectivity index (χ3n) is 3.01. The minimum Gasteiger partial charge on any atom is -0.476 e. The Morgan fingerprint density at radius 3 is 3.00 bits per heavy atom. The van der Waals surface area contributed by atoms with Crippen molar-refractivity contribution in [2.45, 2.75) is 19.8 Å². The predicted octanol–water partition coefficient (Wildman–Crippen LogP) is 1.97. The molecule has 22 heavy (non-hydrogen) atoms. The molecule has 3 heterocycles. The Balaban J connectivity index is 2.03. The Morgan fingerprint density at radius 1 is 1.41 bits per heavy atom. The van der Waals surface area contributed by atoms with Gasteiger partial charge in [0.2, 0.25) is 0 Å². The number of hydrogen-bond donors (Lipinski definition) is 1. The highest BCUT2D eigenvalue weighted by molar-refractivity contribution is 5.85. The highest BCUT2D eigenvalue weighted by Gasteiger charge is 2.16. The highest BCUT2D eigenvalue weighted by atomic mass is 16.5. The van der Waals surface area contributed by atoms with E-state index in [0.29, 0.717) is 23.1 Å². The third-order valence-corrected chi connectivity index (χ3v) is 3.01. The van der Waals surface area contributed by atoms with Crippen LogP contribution in [-0.2, 0) is 6.42 Å². The van der Waals surface area contributed by atoms with Crippen LogP contribution in [0.2, 0.25) is 0 Å². The lowest BCUT2D eigenvalue weighted by atomic mass is 10.2. The van der Waals surface area contributed by atoms with Gasteiger partial charge in [0.05, 0.1) is 5.56 Å². The molecule has 0 aliphatic heterocycles. The summed E-state index contributed by atoms with van der Waals surface area (Å²) in [6.07, 6.45) is 6.02. The second-order valence-corrected chi connectivity index (χ2v) is 4.61. The van der Waals surface area contributed by atoms with E-state index in [1.54, 1.807) is 18.3 Å². The molecule has 3 aromatic heterocycles. The zero-order valence-corrected chi connectivity index (χ0v) is 11.8. The van der Waals surface area contributed by atoms with Gasteiger partial charge in [0.25, 0.3) is 5.89 Å². The molecule has 0 saturated carbocycles. The van der Waals surface area contributed by atoms with Gasteiger partial charge in [0, 0.05) is 18.8 Å². The lowest BCUT2D eigenvalue weighted by Crippen LogP contribution is -1.99. The standard InChI is InChI=1S/C14H13N5O3/c1-2-4-11-17-13(22-18-11)9-5-3-6-15-12(9)19-7-10(14(20)21)16-8-19/h3,5-8H,2,4H2,1H3,(H,20,21). The fourth-order valence-electron chi connectivity index (χ4n) is 2.01. The summed E-state index contributed by atoms with van der Waals surface area (Å²) in [5, 5.41) is 12.9. The summed E-state index contributed by atoms with van der Waals surface area (Å²) in [6, 6.07) is 3.53. The van der Waals surface area contributed by atoms with E-state index in [2.05, 4.69) is 20.1 Å². The molecule has 0 bridgehead atoms. The van der Waals surface area contributed by atoms with E-state index in [4.69, 9.17) is 9.63 Å². The molecule has 8 nitrogen and oxygen atoms in total. The molecule has 0 aromatic carbocycles. The van der Waals surface area contributed by atoms with Gasteiger partial charge in [0.15, 0.2) is 17.3 Å². The molecule has 0 saturated heterocycles. The average Bonchev–Trinajstić information content (AvgIpc) is 3.17. The number of rotatable bonds is 5. The number of hydrogen-bond acceptors (Lipinski definition) is 6. The van der Waals surface area contributed by atoms with E-state index in [1.165, 1.54) is 17.1 Å². The summed E-state index contributed by atoms with van der Waals surface area (Å²) in [5.41, 5.74) is 0.556. The van der Waals surface area contributed by atoms with Crippen molar-refractivity contribution in [2.24, 2.45) is 0 Å². The van der Waals surface area contributed by atoms with Crippen molar-refractivity contribution in [2.75, 3.05) is 0 Å². The number of carbonyl (C=O) groups is 1. The van der Waals surface area contributed by atoms with Crippen LogP contribution in [-0.4, -0.2) is 35.8 Å². The first-order chi connectivity index (χ1) is 10.7. The van der Waals surface area contributed by atoms with Crippen LogP contribution in [0.4, 0.5) is 0 Å². The zero-order chi connectivity index (χ0) is 15.5. The molecule has 3 rings (SSSR count). The number of carboxylic acid groups (broad SMARTS) is 1. The van der Waals surface area contributed by atoms with Crippen LogP contribution in [0.5, 0.6) is 0 Å². The van der Waals surface area contributed by atoms with E-state index >= 15 is 0 Å². The van der Waals surface area contributed by atoms with E-state index in [1.807, 2.05) is 6.92 Å². The average molecular weight is 299 g/mol.